The number of rotatable bonds is 3. The van der Waals surface area contributed by atoms with E-state index < -0.39 is 0 Å². The van der Waals surface area contributed by atoms with Crippen LogP contribution in [-0.2, 0) is 14.3 Å². The van der Waals surface area contributed by atoms with Gasteiger partial charge in [0, 0.05) is 24.3 Å². The highest BCUT2D eigenvalue weighted by Crippen LogP contribution is 2.73. The van der Waals surface area contributed by atoms with Gasteiger partial charge in [-0.15, -0.1) is 0 Å². The Balaban J connectivity index is 1.52. The van der Waals surface area contributed by atoms with Crippen LogP contribution >= 0.6 is 0 Å². The molecule has 4 bridgehead atoms. The Kier molecular flexibility index (Phi) is 4.27. The van der Waals surface area contributed by atoms with E-state index in [1.165, 1.54) is 13.3 Å². The summed E-state index contributed by atoms with van der Waals surface area (Å²) < 4.78 is 5.18. The molecule has 1 spiro atoms. The second kappa shape index (κ2) is 6.32. The first-order valence-corrected chi connectivity index (χ1v) is 11.5. The van der Waals surface area contributed by atoms with E-state index in [-0.39, 0.29) is 40.8 Å². The molecule has 5 aliphatic carbocycles. The highest BCUT2D eigenvalue weighted by molar-refractivity contribution is 5.84. The zero-order valence-corrected chi connectivity index (χ0v) is 17.9. The Morgan fingerprint density at radius 1 is 1.21 bits per heavy atom. The number of hydrogen-bond acceptors (Lipinski definition) is 4. The Hall–Kier alpha value is -1.36. The van der Waals surface area contributed by atoms with E-state index in [0.717, 1.165) is 57.1 Å². The molecule has 6 aliphatic rings. The van der Waals surface area contributed by atoms with Crippen LogP contribution < -0.4 is 0 Å². The van der Waals surface area contributed by atoms with Crippen LogP contribution in [-0.4, -0.2) is 47.7 Å². The molecule has 0 aromatic carbocycles. The lowest BCUT2D eigenvalue weighted by Crippen LogP contribution is -2.72. The number of likely N-dealkylation sites (tertiary alicyclic amines) is 1. The molecule has 1 amide bonds. The Labute approximate surface area is 173 Å². The highest BCUT2D eigenvalue weighted by Gasteiger charge is 2.71. The van der Waals surface area contributed by atoms with Gasteiger partial charge in [-0.2, -0.15) is 0 Å². The molecule has 0 aromatic rings. The van der Waals surface area contributed by atoms with E-state index in [0.29, 0.717) is 24.3 Å². The smallest absolute Gasteiger partial charge is 0.302 e. The maximum atomic E-state index is 13.5. The van der Waals surface area contributed by atoms with Crippen molar-refractivity contribution < 1.29 is 19.4 Å². The van der Waals surface area contributed by atoms with Gasteiger partial charge in [-0.3, -0.25) is 9.59 Å². The van der Waals surface area contributed by atoms with Crippen molar-refractivity contribution in [2.45, 2.75) is 71.3 Å². The zero-order valence-electron chi connectivity index (χ0n) is 17.9. The van der Waals surface area contributed by atoms with Gasteiger partial charge in [-0.25, -0.2) is 0 Å². The molecule has 1 heterocycles. The van der Waals surface area contributed by atoms with Gasteiger partial charge in [0.05, 0.1) is 12.6 Å². The quantitative estimate of drug-likeness (QED) is 0.582. The molecule has 1 saturated heterocycles. The maximum absolute atomic E-state index is 13.5. The summed E-state index contributed by atoms with van der Waals surface area (Å²) >= 11 is 0. The molecule has 160 valence electrons. The summed E-state index contributed by atoms with van der Waals surface area (Å²) in [6.45, 7) is 9.42. The lowest BCUT2D eigenvalue weighted by molar-refractivity contribution is -0.237. The molecule has 5 saturated carbocycles. The first-order chi connectivity index (χ1) is 13.7. The van der Waals surface area contributed by atoms with Gasteiger partial charge < -0.3 is 14.7 Å². The van der Waals surface area contributed by atoms with Crippen LogP contribution in [0, 0.1) is 34.0 Å². The molecule has 5 nitrogen and oxygen atoms in total. The van der Waals surface area contributed by atoms with Gasteiger partial charge >= 0.3 is 5.97 Å². The summed E-state index contributed by atoms with van der Waals surface area (Å²) in [7, 11) is 0. The summed E-state index contributed by atoms with van der Waals surface area (Å²) in [5.41, 5.74) is 0.810. The fourth-order valence-corrected chi connectivity index (χ4v) is 8.78. The third-order valence-electron chi connectivity index (χ3n) is 9.91. The fraction of sp³-hybridized carbons (Fsp3) is 0.833. The van der Waals surface area contributed by atoms with Gasteiger partial charge in [0.25, 0.3) is 0 Å². The van der Waals surface area contributed by atoms with Crippen LogP contribution in [0.5, 0.6) is 0 Å². The van der Waals surface area contributed by atoms with Crippen LogP contribution in [0.25, 0.3) is 0 Å². The molecule has 29 heavy (non-hydrogen) atoms. The second-order valence-electron chi connectivity index (χ2n) is 10.9. The lowest BCUT2D eigenvalue weighted by atomic mass is 9.35. The summed E-state index contributed by atoms with van der Waals surface area (Å²) in [6.07, 6.45) is 8.33. The first kappa shape index (κ1) is 19.6. The SMILES string of the molecule is C=C1[C@H]2CC[C@@]3(CC[C@H]4[C@@]5(CCC[C@@]4(C)C(=O)N(CCOC(C)=O)C5)[C@@H]3C2)[C@@H]1O. The third kappa shape index (κ3) is 2.43. The van der Waals surface area contributed by atoms with Crippen molar-refractivity contribution in [3.05, 3.63) is 12.2 Å². The van der Waals surface area contributed by atoms with E-state index in [2.05, 4.69) is 13.5 Å². The number of esters is 1. The molecule has 0 unspecified atom stereocenters. The molecule has 6 fully saturated rings. The molecule has 1 N–H and O–H groups in total. The number of amides is 1. The summed E-state index contributed by atoms with van der Waals surface area (Å²) in [4.78, 5) is 26.8. The third-order valence-corrected chi connectivity index (χ3v) is 9.91. The van der Waals surface area contributed by atoms with Crippen LogP contribution in [0.4, 0.5) is 0 Å². The van der Waals surface area contributed by atoms with Crippen molar-refractivity contribution in [3.63, 3.8) is 0 Å². The normalized spacial score (nSPS) is 48.2. The standard InChI is InChI=1S/C24H35NO4/c1-15-17-5-9-23(20(15)27)10-6-18-22(3)7-4-8-24(18,19(23)13-17)14-25(21(22)28)11-12-29-16(2)26/h17-20,27H,1,4-14H2,2-3H3/t17-,18+,19+,20+,22+,23-,24-/m0/s1. The number of ether oxygens (including phenoxy) is 1. The second-order valence-corrected chi connectivity index (χ2v) is 10.9. The van der Waals surface area contributed by atoms with Crippen molar-refractivity contribution in [1.82, 2.24) is 4.90 Å². The predicted molar refractivity (Wildman–Crippen MR) is 109 cm³/mol. The molecular formula is C24H35NO4. The molecule has 1 aliphatic heterocycles. The number of carbonyl (C=O) groups is 2. The Morgan fingerprint density at radius 3 is 2.72 bits per heavy atom. The van der Waals surface area contributed by atoms with Crippen molar-refractivity contribution in [3.8, 4) is 0 Å². The van der Waals surface area contributed by atoms with E-state index >= 15 is 0 Å². The van der Waals surface area contributed by atoms with Crippen molar-refractivity contribution >= 4 is 11.9 Å². The maximum Gasteiger partial charge on any atom is 0.302 e. The monoisotopic (exact) mass is 401 g/mol. The predicted octanol–water partition coefficient (Wildman–Crippen LogP) is 3.31. The minimum Gasteiger partial charge on any atom is -0.464 e. The number of aliphatic hydroxyl groups excluding tert-OH is 1. The molecule has 0 aromatic heterocycles. The van der Waals surface area contributed by atoms with Gasteiger partial charge in [-0.1, -0.05) is 19.9 Å². The number of aliphatic hydroxyl groups is 1. The van der Waals surface area contributed by atoms with E-state index in [1.54, 1.807) is 0 Å². The van der Waals surface area contributed by atoms with Crippen molar-refractivity contribution in [2.24, 2.45) is 34.0 Å². The number of carbonyl (C=O) groups excluding carboxylic acids is 2. The van der Waals surface area contributed by atoms with E-state index in [1.807, 2.05) is 4.90 Å². The van der Waals surface area contributed by atoms with E-state index in [9.17, 15) is 14.7 Å². The van der Waals surface area contributed by atoms with E-state index in [4.69, 9.17) is 4.74 Å². The first-order valence-electron chi connectivity index (χ1n) is 11.5. The minimum atomic E-state index is -0.379. The number of hydrogen-bond donors (Lipinski definition) is 1. The zero-order chi connectivity index (χ0) is 20.6. The lowest BCUT2D eigenvalue weighted by Gasteiger charge is -2.72. The van der Waals surface area contributed by atoms with Crippen molar-refractivity contribution in [2.75, 3.05) is 19.7 Å². The van der Waals surface area contributed by atoms with Gasteiger partial charge in [-0.05, 0) is 73.7 Å². The molecular weight excluding hydrogens is 366 g/mol. The van der Waals surface area contributed by atoms with Gasteiger partial charge in [0.2, 0.25) is 5.91 Å². The number of nitrogens with zero attached hydrogens (tertiary/aromatic N) is 1. The Bertz CT molecular complexity index is 764. The fourth-order valence-electron chi connectivity index (χ4n) is 8.78. The molecule has 6 rings (SSSR count). The largest absolute Gasteiger partial charge is 0.464 e. The summed E-state index contributed by atoms with van der Waals surface area (Å²) in [5, 5.41) is 11.3. The number of fused-ring (bicyclic) bond motifs is 2. The van der Waals surface area contributed by atoms with Crippen molar-refractivity contribution in [1.29, 1.82) is 0 Å². The van der Waals surface area contributed by atoms with Crippen LogP contribution in [0.2, 0.25) is 0 Å². The topological polar surface area (TPSA) is 66.8 Å². The van der Waals surface area contributed by atoms with Crippen LogP contribution in [0.3, 0.4) is 0 Å². The number of piperidine rings is 1. The average molecular weight is 402 g/mol. The molecule has 5 heteroatoms. The van der Waals surface area contributed by atoms with Gasteiger partial charge in [0.15, 0.2) is 0 Å². The molecule has 7 atom stereocenters. The van der Waals surface area contributed by atoms with Crippen LogP contribution in [0.1, 0.15) is 65.2 Å². The molecule has 0 radical (unpaired) electrons. The van der Waals surface area contributed by atoms with Gasteiger partial charge in [0.1, 0.15) is 6.61 Å². The summed E-state index contributed by atoms with van der Waals surface area (Å²) in [5.74, 6) is 1.28. The summed E-state index contributed by atoms with van der Waals surface area (Å²) in [6, 6.07) is 0. The average Bonchev–Trinajstić information content (AvgIpc) is 2.69. The minimum absolute atomic E-state index is 0.0392. The Morgan fingerprint density at radius 2 is 1.97 bits per heavy atom. The van der Waals surface area contributed by atoms with Crippen LogP contribution in [0.15, 0.2) is 12.2 Å². The highest BCUT2D eigenvalue weighted by atomic mass is 16.5.